The highest BCUT2D eigenvalue weighted by Gasteiger charge is 2.19. The van der Waals surface area contributed by atoms with Crippen molar-refractivity contribution in [1.29, 1.82) is 0 Å². The van der Waals surface area contributed by atoms with Gasteiger partial charge in [-0.05, 0) is 12.1 Å². The molecule has 0 atom stereocenters. The molecule has 74 valence electrons. The maximum absolute atomic E-state index is 10.7. The molecule has 0 aromatic heterocycles. The SMILES string of the molecule is O=S(=O)(O)C1=Cc2ccccc2ON1. The molecule has 14 heavy (non-hydrogen) atoms. The molecule has 2 N–H and O–H groups in total. The lowest BCUT2D eigenvalue weighted by atomic mass is 10.2. The molecular formula is C8H7NO4S. The topological polar surface area (TPSA) is 75.6 Å². The van der Waals surface area contributed by atoms with E-state index in [-0.39, 0.29) is 5.03 Å². The maximum Gasteiger partial charge on any atom is 0.312 e. The number of hydrogen-bond acceptors (Lipinski definition) is 4. The number of fused-ring (bicyclic) bond motifs is 1. The van der Waals surface area contributed by atoms with Gasteiger partial charge in [-0.3, -0.25) is 4.55 Å². The van der Waals surface area contributed by atoms with E-state index < -0.39 is 10.1 Å². The summed E-state index contributed by atoms with van der Waals surface area (Å²) in [5, 5.41) is -0.365. The van der Waals surface area contributed by atoms with Gasteiger partial charge >= 0.3 is 10.1 Å². The molecule has 0 spiro atoms. The largest absolute Gasteiger partial charge is 0.381 e. The molecule has 1 heterocycles. The fourth-order valence-corrected chi connectivity index (χ4v) is 1.52. The highest BCUT2D eigenvalue weighted by molar-refractivity contribution is 7.89. The van der Waals surface area contributed by atoms with Crippen LogP contribution in [0.25, 0.3) is 6.08 Å². The van der Waals surface area contributed by atoms with E-state index in [2.05, 4.69) is 5.48 Å². The summed E-state index contributed by atoms with van der Waals surface area (Å²) in [4.78, 5) is 4.91. The van der Waals surface area contributed by atoms with Crippen LogP contribution >= 0.6 is 0 Å². The molecule has 1 aliphatic rings. The van der Waals surface area contributed by atoms with Crippen molar-refractivity contribution < 1.29 is 17.8 Å². The van der Waals surface area contributed by atoms with Crippen LogP contribution in [-0.2, 0) is 10.1 Å². The van der Waals surface area contributed by atoms with Crippen LogP contribution in [0.4, 0.5) is 0 Å². The second-order valence-electron chi connectivity index (χ2n) is 2.73. The third kappa shape index (κ3) is 1.57. The first-order valence-corrected chi connectivity index (χ1v) is 5.22. The average molecular weight is 213 g/mol. The monoisotopic (exact) mass is 213 g/mol. The highest BCUT2D eigenvalue weighted by Crippen LogP contribution is 2.24. The molecule has 0 bridgehead atoms. The van der Waals surface area contributed by atoms with Gasteiger partial charge in [-0.2, -0.15) is 8.42 Å². The zero-order valence-corrected chi connectivity index (χ0v) is 7.78. The summed E-state index contributed by atoms with van der Waals surface area (Å²) < 4.78 is 30.2. The Hall–Kier alpha value is -1.53. The first-order chi connectivity index (χ1) is 6.57. The van der Waals surface area contributed by atoms with E-state index in [0.717, 1.165) is 0 Å². The normalized spacial score (nSPS) is 14.8. The Morgan fingerprint density at radius 1 is 1.29 bits per heavy atom. The van der Waals surface area contributed by atoms with Crippen molar-refractivity contribution in [3.8, 4) is 5.75 Å². The summed E-state index contributed by atoms with van der Waals surface area (Å²) in [7, 11) is -4.24. The van der Waals surface area contributed by atoms with E-state index in [4.69, 9.17) is 9.39 Å². The second kappa shape index (κ2) is 3.00. The number of rotatable bonds is 1. The molecule has 5 nitrogen and oxygen atoms in total. The van der Waals surface area contributed by atoms with E-state index in [1.807, 2.05) is 0 Å². The van der Waals surface area contributed by atoms with Gasteiger partial charge in [0.1, 0.15) is 0 Å². The Morgan fingerprint density at radius 2 is 2.00 bits per heavy atom. The quantitative estimate of drug-likeness (QED) is 0.674. The van der Waals surface area contributed by atoms with Crippen LogP contribution in [0.3, 0.4) is 0 Å². The Labute approximate surface area is 80.7 Å². The first kappa shape index (κ1) is 9.04. The van der Waals surface area contributed by atoms with Crippen LogP contribution in [0.1, 0.15) is 5.56 Å². The van der Waals surface area contributed by atoms with Gasteiger partial charge in [0, 0.05) is 5.56 Å². The van der Waals surface area contributed by atoms with Crippen molar-refractivity contribution in [2.24, 2.45) is 0 Å². The molecule has 0 fully saturated rings. The fraction of sp³-hybridized carbons (Fsp3) is 0. The van der Waals surface area contributed by atoms with Crippen molar-refractivity contribution in [2.75, 3.05) is 0 Å². The van der Waals surface area contributed by atoms with Crippen molar-refractivity contribution in [3.63, 3.8) is 0 Å². The zero-order chi connectivity index (χ0) is 10.2. The minimum Gasteiger partial charge on any atom is -0.381 e. The van der Waals surface area contributed by atoms with Crippen LogP contribution in [0.5, 0.6) is 5.75 Å². The van der Waals surface area contributed by atoms with E-state index in [0.29, 0.717) is 11.3 Å². The minimum absolute atomic E-state index is 0.365. The molecule has 2 rings (SSSR count). The van der Waals surface area contributed by atoms with Crippen LogP contribution in [0.15, 0.2) is 29.3 Å². The Kier molecular flexibility index (Phi) is 1.94. The molecule has 0 radical (unpaired) electrons. The summed E-state index contributed by atoms with van der Waals surface area (Å²) in [5.74, 6) is 0.514. The van der Waals surface area contributed by atoms with Gasteiger partial charge in [-0.1, -0.05) is 18.2 Å². The first-order valence-electron chi connectivity index (χ1n) is 3.78. The molecule has 0 unspecified atom stereocenters. The molecule has 1 aromatic carbocycles. The number of hydroxylamine groups is 1. The molecule has 6 heteroatoms. The lowest BCUT2D eigenvalue weighted by molar-refractivity contribution is 0.231. The summed E-state index contributed by atoms with van der Waals surface area (Å²) in [5.41, 5.74) is 2.73. The van der Waals surface area contributed by atoms with Crippen molar-refractivity contribution in [1.82, 2.24) is 5.48 Å². The van der Waals surface area contributed by atoms with Gasteiger partial charge in [-0.25, -0.2) is 5.48 Å². The second-order valence-corrected chi connectivity index (χ2v) is 4.12. The third-order valence-electron chi connectivity index (χ3n) is 1.75. The predicted molar refractivity (Wildman–Crippen MR) is 49.7 cm³/mol. The lowest BCUT2D eigenvalue weighted by Crippen LogP contribution is -2.26. The number of nitrogens with one attached hydrogen (secondary N) is 1. The molecule has 0 saturated carbocycles. The van der Waals surface area contributed by atoms with Crippen LogP contribution in [0.2, 0.25) is 0 Å². The standard InChI is InChI=1S/C8H7NO4S/c10-14(11,12)8-5-6-3-1-2-4-7(6)13-9-8/h1-5,9H,(H,10,11,12). The lowest BCUT2D eigenvalue weighted by Gasteiger charge is -2.16. The minimum atomic E-state index is -4.24. The number of para-hydroxylation sites is 1. The van der Waals surface area contributed by atoms with Crippen LogP contribution < -0.4 is 10.3 Å². The summed E-state index contributed by atoms with van der Waals surface area (Å²) >= 11 is 0. The van der Waals surface area contributed by atoms with E-state index in [9.17, 15) is 8.42 Å². The van der Waals surface area contributed by atoms with Crippen molar-refractivity contribution >= 4 is 16.2 Å². The molecule has 0 saturated heterocycles. The molecular weight excluding hydrogens is 206 g/mol. The molecule has 1 aliphatic heterocycles. The van der Waals surface area contributed by atoms with E-state index in [1.54, 1.807) is 24.3 Å². The van der Waals surface area contributed by atoms with E-state index in [1.165, 1.54) is 6.08 Å². The van der Waals surface area contributed by atoms with Crippen LogP contribution in [-0.4, -0.2) is 13.0 Å². The maximum atomic E-state index is 10.7. The smallest absolute Gasteiger partial charge is 0.312 e. The van der Waals surface area contributed by atoms with Crippen molar-refractivity contribution in [2.45, 2.75) is 0 Å². The summed E-state index contributed by atoms with van der Waals surface area (Å²) in [6, 6.07) is 6.86. The predicted octanol–water partition coefficient (Wildman–Crippen LogP) is 0.770. The van der Waals surface area contributed by atoms with Gasteiger partial charge < -0.3 is 4.84 Å². The Balaban J connectivity index is 2.51. The fourth-order valence-electron chi connectivity index (χ4n) is 1.10. The zero-order valence-electron chi connectivity index (χ0n) is 6.97. The molecule has 0 amide bonds. The average Bonchev–Trinajstić information content (AvgIpc) is 2.16. The highest BCUT2D eigenvalue weighted by atomic mass is 32.2. The Bertz CT molecular complexity index is 492. The van der Waals surface area contributed by atoms with Crippen LogP contribution in [0, 0.1) is 0 Å². The van der Waals surface area contributed by atoms with Gasteiger partial charge in [0.25, 0.3) is 0 Å². The Morgan fingerprint density at radius 3 is 2.71 bits per heavy atom. The van der Waals surface area contributed by atoms with Gasteiger partial charge in [0.05, 0.1) is 0 Å². The van der Waals surface area contributed by atoms with Crippen molar-refractivity contribution in [3.05, 3.63) is 34.9 Å². The summed E-state index contributed by atoms with van der Waals surface area (Å²) in [6.07, 6.45) is 1.30. The molecule has 1 aromatic rings. The van der Waals surface area contributed by atoms with Gasteiger partial charge in [0.2, 0.25) is 0 Å². The van der Waals surface area contributed by atoms with Gasteiger partial charge in [0.15, 0.2) is 10.8 Å². The number of benzene rings is 1. The molecule has 0 aliphatic carbocycles. The third-order valence-corrected chi connectivity index (χ3v) is 2.50. The van der Waals surface area contributed by atoms with E-state index >= 15 is 0 Å². The number of hydrogen-bond donors (Lipinski definition) is 2. The summed E-state index contributed by atoms with van der Waals surface area (Å²) in [6.45, 7) is 0. The van der Waals surface area contributed by atoms with Gasteiger partial charge in [-0.15, -0.1) is 0 Å².